The highest BCUT2D eigenvalue weighted by molar-refractivity contribution is 7.89. The van der Waals surface area contributed by atoms with E-state index < -0.39 is 22.0 Å². The van der Waals surface area contributed by atoms with Crippen LogP contribution in [0, 0.1) is 12.8 Å². The predicted octanol–water partition coefficient (Wildman–Crippen LogP) is -0.412. The first-order chi connectivity index (χ1) is 13.7. The average molecular weight is 427 g/mol. The van der Waals surface area contributed by atoms with Crippen molar-refractivity contribution in [2.24, 2.45) is 5.92 Å². The number of carbonyl (C=O) groups is 2. The Labute approximate surface area is 173 Å². The Kier molecular flexibility index (Phi) is 8.18. The highest BCUT2D eigenvalue weighted by Crippen LogP contribution is 2.16. The lowest BCUT2D eigenvalue weighted by atomic mass is 9.99. The van der Waals surface area contributed by atoms with E-state index in [-0.39, 0.29) is 18.4 Å². The largest absolute Gasteiger partial charge is 0.467 e. The van der Waals surface area contributed by atoms with Crippen molar-refractivity contribution in [3.05, 3.63) is 29.8 Å². The van der Waals surface area contributed by atoms with Crippen molar-refractivity contribution in [2.75, 3.05) is 39.8 Å². The lowest BCUT2D eigenvalue weighted by molar-refractivity contribution is -0.895. The highest BCUT2D eigenvalue weighted by atomic mass is 32.2. The fourth-order valence-corrected chi connectivity index (χ4v) is 4.77. The molecule has 1 fully saturated rings. The zero-order valence-electron chi connectivity index (χ0n) is 17.6. The standard InChI is InChI=1S/C20H31N3O5S/c1-5-16(3)19(20(25)28-4)21-18(24)14-22-10-12-23(13-11-22)29(26,27)17-8-6-15(2)7-9-17/h6-9,16,19H,5,10-14H2,1-4H3,(H,21,24)/p+1/t16-,19+/m0/s1. The number of esters is 1. The Morgan fingerprint density at radius 1 is 1.21 bits per heavy atom. The number of aryl methyl sites for hydroxylation is 1. The molecule has 1 aromatic carbocycles. The highest BCUT2D eigenvalue weighted by Gasteiger charge is 2.32. The topological polar surface area (TPSA) is 97.2 Å². The van der Waals surface area contributed by atoms with Crippen molar-refractivity contribution < 1.29 is 27.6 Å². The second-order valence-corrected chi connectivity index (χ2v) is 9.54. The molecule has 2 rings (SSSR count). The van der Waals surface area contributed by atoms with Crippen LogP contribution in [0.5, 0.6) is 0 Å². The quantitative estimate of drug-likeness (QED) is 0.551. The van der Waals surface area contributed by atoms with E-state index in [1.54, 1.807) is 24.3 Å². The summed E-state index contributed by atoms with van der Waals surface area (Å²) in [4.78, 5) is 25.6. The van der Waals surface area contributed by atoms with Gasteiger partial charge in [0.2, 0.25) is 10.0 Å². The molecule has 0 spiro atoms. The normalized spacial score (nSPS) is 18.1. The third kappa shape index (κ3) is 6.01. The molecule has 8 nitrogen and oxygen atoms in total. The van der Waals surface area contributed by atoms with E-state index in [9.17, 15) is 18.0 Å². The molecule has 1 aliphatic rings. The molecule has 1 saturated heterocycles. The minimum atomic E-state index is -3.52. The van der Waals surface area contributed by atoms with Gasteiger partial charge in [0.1, 0.15) is 6.04 Å². The molecule has 0 aromatic heterocycles. The first kappa shape index (κ1) is 23.3. The molecule has 0 saturated carbocycles. The fraction of sp³-hybridized carbons (Fsp3) is 0.600. The molecule has 1 amide bonds. The SMILES string of the molecule is CC[C@H](C)[C@@H](NC(=O)C[NH+]1CCN(S(=O)(=O)c2ccc(C)cc2)CC1)C(=O)OC. The Morgan fingerprint density at radius 2 is 1.79 bits per heavy atom. The molecular weight excluding hydrogens is 394 g/mol. The van der Waals surface area contributed by atoms with Gasteiger partial charge in [-0.1, -0.05) is 38.0 Å². The average Bonchev–Trinajstić information content (AvgIpc) is 2.71. The molecule has 1 aliphatic heterocycles. The molecule has 0 bridgehead atoms. The maximum Gasteiger partial charge on any atom is 0.328 e. The molecule has 1 heterocycles. The number of methoxy groups -OCH3 is 1. The summed E-state index contributed by atoms with van der Waals surface area (Å²) in [5, 5.41) is 2.77. The van der Waals surface area contributed by atoms with Crippen molar-refractivity contribution in [1.29, 1.82) is 0 Å². The maximum atomic E-state index is 12.8. The summed E-state index contributed by atoms with van der Waals surface area (Å²) < 4.78 is 31.8. The Morgan fingerprint density at radius 3 is 2.31 bits per heavy atom. The van der Waals surface area contributed by atoms with Gasteiger partial charge in [-0.2, -0.15) is 4.31 Å². The van der Waals surface area contributed by atoms with E-state index in [0.29, 0.717) is 31.1 Å². The fourth-order valence-electron chi connectivity index (χ4n) is 3.33. The first-order valence-electron chi connectivity index (χ1n) is 9.96. The molecule has 29 heavy (non-hydrogen) atoms. The van der Waals surface area contributed by atoms with Gasteiger partial charge >= 0.3 is 5.97 Å². The predicted molar refractivity (Wildman–Crippen MR) is 109 cm³/mol. The minimum Gasteiger partial charge on any atom is -0.467 e. The molecule has 0 radical (unpaired) electrons. The van der Waals surface area contributed by atoms with Gasteiger partial charge in [-0.15, -0.1) is 0 Å². The molecule has 0 aliphatic carbocycles. The molecule has 9 heteroatoms. The third-order valence-corrected chi connectivity index (χ3v) is 7.40. The lowest BCUT2D eigenvalue weighted by Crippen LogP contribution is -3.15. The summed E-state index contributed by atoms with van der Waals surface area (Å²) in [5.74, 6) is -0.708. The van der Waals surface area contributed by atoms with Crippen LogP contribution in [0.1, 0.15) is 25.8 Å². The van der Waals surface area contributed by atoms with Crippen LogP contribution in [0.25, 0.3) is 0 Å². The second kappa shape index (κ2) is 10.2. The van der Waals surface area contributed by atoms with Gasteiger partial charge in [0.05, 0.1) is 38.2 Å². The smallest absolute Gasteiger partial charge is 0.328 e. The Balaban J connectivity index is 1.91. The number of carbonyl (C=O) groups excluding carboxylic acids is 2. The molecular formula is C20H32N3O5S+. The van der Waals surface area contributed by atoms with Crippen molar-refractivity contribution in [3.63, 3.8) is 0 Å². The van der Waals surface area contributed by atoms with Gasteiger partial charge in [0.25, 0.3) is 5.91 Å². The van der Waals surface area contributed by atoms with Gasteiger partial charge in [-0.3, -0.25) is 4.79 Å². The molecule has 0 unspecified atom stereocenters. The number of rotatable bonds is 8. The van der Waals surface area contributed by atoms with E-state index in [0.717, 1.165) is 16.9 Å². The second-order valence-electron chi connectivity index (χ2n) is 7.60. The van der Waals surface area contributed by atoms with Crippen LogP contribution in [-0.2, 0) is 24.3 Å². The summed E-state index contributed by atoms with van der Waals surface area (Å²) >= 11 is 0. The number of ether oxygens (including phenoxy) is 1. The summed E-state index contributed by atoms with van der Waals surface area (Å²) in [7, 11) is -2.21. The van der Waals surface area contributed by atoms with Crippen LogP contribution in [0.4, 0.5) is 0 Å². The lowest BCUT2D eigenvalue weighted by Gasteiger charge is -2.31. The number of piperazine rings is 1. The van der Waals surface area contributed by atoms with Crippen LogP contribution < -0.4 is 10.2 Å². The number of quaternary nitrogens is 1. The zero-order valence-corrected chi connectivity index (χ0v) is 18.4. The van der Waals surface area contributed by atoms with E-state index in [2.05, 4.69) is 5.32 Å². The van der Waals surface area contributed by atoms with Gasteiger partial charge in [0, 0.05) is 0 Å². The van der Waals surface area contributed by atoms with E-state index in [1.807, 2.05) is 20.8 Å². The van der Waals surface area contributed by atoms with Crippen LogP contribution in [0.2, 0.25) is 0 Å². The molecule has 2 N–H and O–H groups in total. The maximum absolute atomic E-state index is 12.8. The number of hydrogen-bond acceptors (Lipinski definition) is 5. The number of hydrogen-bond donors (Lipinski definition) is 2. The van der Waals surface area contributed by atoms with Gasteiger partial charge in [0.15, 0.2) is 6.54 Å². The van der Waals surface area contributed by atoms with Gasteiger partial charge in [-0.25, -0.2) is 13.2 Å². The molecule has 162 valence electrons. The number of amides is 1. The number of nitrogens with one attached hydrogen (secondary N) is 2. The summed E-state index contributed by atoms with van der Waals surface area (Å²) in [6, 6.07) is 6.15. The third-order valence-electron chi connectivity index (χ3n) is 5.48. The zero-order chi connectivity index (χ0) is 21.6. The van der Waals surface area contributed by atoms with Crippen LogP contribution in [0.3, 0.4) is 0 Å². The Hall–Kier alpha value is -1.97. The number of nitrogens with zero attached hydrogens (tertiary/aromatic N) is 1. The van der Waals surface area contributed by atoms with Gasteiger partial charge in [-0.05, 0) is 25.0 Å². The first-order valence-corrected chi connectivity index (χ1v) is 11.4. The van der Waals surface area contributed by atoms with Crippen LogP contribution >= 0.6 is 0 Å². The number of sulfonamides is 1. The molecule has 1 aromatic rings. The summed E-state index contributed by atoms with van der Waals surface area (Å²) in [6.45, 7) is 7.72. The van der Waals surface area contributed by atoms with Crippen LogP contribution in [0.15, 0.2) is 29.2 Å². The van der Waals surface area contributed by atoms with E-state index in [4.69, 9.17) is 4.74 Å². The van der Waals surface area contributed by atoms with Crippen molar-refractivity contribution in [1.82, 2.24) is 9.62 Å². The molecule has 2 atom stereocenters. The van der Waals surface area contributed by atoms with Crippen molar-refractivity contribution in [3.8, 4) is 0 Å². The van der Waals surface area contributed by atoms with E-state index in [1.165, 1.54) is 11.4 Å². The summed E-state index contributed by atoms with van der Waals surface area (Å²) in [6.07, 6.45) is 0.739. The van der Waals surface area contributed by atoms with Gasteiger partial charge < -0.3 is 15.0 Å². The monoisotopic (exact) mass is 426 g/mol. The number of benzene rings is 1. The van der Waals surface area contributed by atoms with Crippen molar-refractivity contribution in [2.45, 2.75) is 38.1 Å². The van der Waals surface area contributed by atoms with Crippen LogP contribution in [-0.4, -0.2) is 70.5 Å². The Bertz CT molecular complexity index is 802. The van der Waals surface area contributed by atoms with Crippen molar-refractivity contribution >= 4 is 21.9 Å². The minimum absolute atomic E-state index is 0.0297. The summed E-state index contributed by atoms with van der Waals surface area (Å²) in [5.41, 5.74) is 1.01. The van der Waals surface area contributed by atoms with E-state index >= 15 is 0 Å².